The molecule has 82 valence electrons. The normalized spacial score (nSPS) is 26.7. The van der Waals surface area contributed by atoms with Crippen LogP contribution in [-0.2, 0) is 0 Å². The Hall–Kier alpha value is -0.640. The summed E-state index contributed by atoms with van der Waals surface area (Å²) >= 11 is 3.71. The van der Waals surface area contributed by atoms with E-state index in [1.165, 1.54) is 12.0 Å². The summed E-state index contributed by atoms with van der Waals surface area (Å²) in [7, 11) is 0. The number of alkyl halides is 1. The van der Waals surface area contributed by atoms with Crippen LogP contribution in [0.25, 0.3) is 0 Å². The van der Waals surface area contributed by atoms with Crippen molar-refractivity contribution >= 4 is 21.7 Å². The molecule has 1 aromatic heterocycles. The molecule has 0 amide bonds. The number of piperidine rings is 1. The van der Waals surface area contributed by atoms with Crippen molar-refractivity contribution < 1.29 is 0 Å². The Labute approximate surface area is 99.0 Å². The summed E-state index contributed by atoms with van der Waals surface area (Å²) in [6.07, 6.45) is 2.97. The Morgan fingerprint density at radius 1 is 1.53 bits per heavy atom. The van der Waals surface area contributed by atoms with Gasteiger partial charge in [-0.2, -0.15) is 5.10 Å². The number of hydrogen-bond donors (Lipinski definition) is 0. The molecule has 3 nitrogen and oxygen atoms in total. The third kappa shape index (κ3) is 2.48. The van der Waals surface area contributed by atoms with Crippen molar-refractivity contribution in [2.75, 3.05) is 18.0 Å². The zero-order valence-electron chi connectivity index (χ0n) is 9.15. The van der Waals surface area contributed by atoms with E-state index in [2.05, 4.69) is 50.9 Å². The van der Waals surface area contributed by atoms with Crippen molar-refractivity contribution in [2.24, 2.45) is 5.92 Å². The lowest BCUT2D eigenvalue weighted by Gasteiger charge is -2.34. The van der Waals surface area contributed by atoms with Crippen LogP contribution in [0, 0.1) is 12.8 Å². The van der Waals surface area contributed by atoms with E-state index in [4.69, 9.17) is 0 Å². The van der Waals surface area contributed by atoms with Crippen LogP contribution in [0.3, 0.4) is 0 Å². The zero-order valence-corrected chi connectivity index (χ0v) is 10.7. The fraction of sp³-hybridized carbons (Fsp3) is 0.636. The second-order valence-corrected chi connectivity index (χ2v) is 5.50. The lowest BCUT2D eigenvalue weighted by atomic mass is 10.0. The Balaban J connectivity index is 2.12. The van der Waals surface area contributed by atoms with E-state index in [9.17, 15) is 0 Å². The summed E-state index contributed by atoms with van der Waals surface area (Å²) in [6.45, 7) is 6.46. The minimum atomic E-state index is 0.645. The topological polar surface area (TPSA) is 29.0 Å². The molecule has 2 unspecified atom stereocenters. The molecular formula is C11H16BrN3. The van der Waals surface area contributed by atoms with Crippen LogP contribution in [0.1, 0.15) is 18.9 Å². The second-order valence-electron chi connectivity index (χ2n) is 4.32. The third-order valence-corrected chi connectivity index (χ3v) is 4.26. The van der Waals surface area contributed by atoms with E-state index in [0.29, 0.717) is 10.7 Å². The molecule has 1 saturated heterocycles. The number of rotatable bonds is 1. The van der Waals surface area contributed by atoms with Crippen molar-refractivity contribution in [2.45, 2.75) is 25.1 Å². The highest BCUT2D eigenvalue weighted by Gasteiger charge is 2.24. The smallest absolute Gasteiger partial charge is 0.151 e. The van der Waals surface area contributed by atoms with Gasteiger partial charge in [-0.15, -0.1) is 5.10 Å². The second kappa shape index (κ2) is 4.47. The van der Waals surface area contributed by atoms with E-state index < -0.39 is 0 Å². The number of anilines is 1. The van der Waals surface area contributed by atoms with Crippen molar-refractivity contribution in [1.82, 2.24) is 10.2 Å². The lowest BCUT2D eigenvalue weighted by molar-refractivity contribution is 0.462. The molecule has 0 bridgehead atoms. The van der Waals surface area contributed by atoms with E-state index in [1.807, 2.05) is 0 Å². The SMILES string of the molecule is Cc1cnnc(N2CCC(Br)C(C)C2)c1. The van der Waals surface area contributed by atoms with Crippen LogP contribution < -0.4 is 4.90 Å². The summed E-state index contributed by atoms with van der Waals surface area (Å²) in [5.41, 5.74) is 1.17. The predicted octanol–water partition coefficient (Wildman–Crippen LogP) is 2.39. The first-order chi connectivity index (χ1) is 7.16. The van der Waals surface area contributed by atoms with Gasteiger partial charge in [0.1, 0.15) is 0 Å². The molecular weight excluding hydrogens is 254 g/mol. The molecule has 4 heteroatoms. The molecule has 0 radical (unpaired) electrons. The van der Waals surface area contributed by atoms with Gasteiger partial charge < -0.3 is 4.90 Å². The summed E-state index contributed by atoms with van der Waals surface area (Å²) in [5, 5.41) is 8.18. The Morgan fingerprint density at radius 2 is 2.33 bits per heavy atom. The monoisotopic (exact) mass is 269 g/mol. The van der Waals surface area contributed by atoms with Crippen molar-refractivity contribution in [1.29, 1.82) is 0 Å². The van der Waals surface area contributed by atoms with Gasteiger partial charge in [-0.25, -0.2) is 0 Å². The Bertz CT molecular complexity index is 342. The van der Waals surface area contributed by atoms with Crippen LogP contribution in [0.4, 0.5) is 5.82 Å². The molecule has 1 aromatic rings. The maximum atomic E-state index is 4.18. The van der Waals surface area contributed by atoms with Crippen LogP contribution >= 0.6 is 15.9 Å². The maximum absolute atomic E-state index is 4.18. The first-order valence-electron chi connectivity index (χ1n) is 5.35. The first kappa shape index (κ1) is 10.9. The third-order valence-electron chi connectivity index (χ3n) is 2.90. The highest BCUT2D eigenvalue weighted by atomic mass is 79.9. The summed E-state index contributed by atoms with van der Waals surface area (Å²) < 4.78 is 0. The number of aromatic nitrogens is 2. The van der Waals surface area contributed by atoms with Crippen LogP contribution in [0.2, 0.25) is 0 Å². The lowest BCUT2D eigenvalue weighted by Crippen LogP contribution is -2.40. The Morgan fingerprint density at radius 3 is 3.00 bits per heavy atom. The molecule has 0 N–H and O–H groups in total. The van der Waals surface area contributed by atoms with E-state index >= 15 is 0 Å². The molecule has 0 saturated carbocycles. The van der Waals surface area contributed by atoms with Crippen LogP contribution in [0.15, 0.2) is 12.3 Å². The molecule has 2 rings (SSSR count). The summed E-state index contributed by atoms with van der Waals surface area (Å²) in [5.74, 6) is 1.68. The van der Waals surface area contributed by atoms with Gasteiger partial charge in [-0.1, -0.05) is 22.9 Å². The minimum Gasteiger partial charge on any atom is -0.355 e. The van der Waals surface area contributed by atoms with Gasteiger partial charge in [0, 0.05) is 17.9 Å². The highest BCUT2D eigenvalue weighted by molar-refractivity contribution is 9.09. The molecule has 0 aromatic carbocycles. The van der Waals surface area contributed by atoms with Gasteiger partial charge in [-0.3, -0.25) is 0 Å². The quantitative estimate of drug-likeness (QED) is 0.734. The molecule has 15 heavy (non-hydrogen) atoms. The molecule has 1 aliphatic heterocycles. The van der Waals surface area contributed by atoms with Crippen molar-refractivity contribution in [3.8, 4) is 0 Å². The largest absolute Gasteiger partial charge is 0.355 e. The van der Waals surface area contributed by atoms with Gasteiger partial charge >= 0.3 is 0 Å². The predicted molar refractivity (Wildman–Crippen MR) is 65.5 cm³/mol. The van der Waals surface area contributed by atoms with E-state index in [-0.39, 0.29) is 0 Å². The van der Waals surface area contributed by atoms with Gasteiger partial charge in [0.05, 0.1) is 6.20 Å². The molecule has 2 atom stereocenters. The minimum absolute atomic E-state index is 0.645. The average Bonchev–Trinajstić information content (AvgIpc) is 2.22. The fourth-order valence-electron chi connectivity index (χ4n) is 1.93. The summed E-state index contributed by atoms with van der Waals surface area (Å²) in [6, 6.07) is 2.11. The number of aryl methyl sites for hydroxylation is 1. The van der Waals surface area contributed by atoms with Crippen LogP contribution in [0.5, 0.6) is 0 Å². The molecule has 2 heterocycles. The molecule has 1 aliphatic rings. The van der Waals surface area contributed by atoms with Gasteiger partial charge in [-0.05, 0) is 30.9 Å². The van der Waals surface area contributed by atoms with Crippen LogP contribution in [-0.4, -0.2) is 28.1 Å². The van der Waals surface area contributed by atoms with Gasteiger partial charge in [0.15, 0.2) is 5.82 Å². The zero-order chi connectivity index (χ0) is 10.8. The first-order valence-corrected chi connectivity index (χ1v) is 6.26. The highest BCUT2D eigenvalue weighted by Crippen LogP contribution is 2.26. The van der Waals surface area contributed by atoms with Crippen molar-refractivity contribution in [3.63, 3.8) is 0 Å². The number of nitrogens with zero attached hydrogens (tertiary/aromatic N) is 3. The molecule has 1 fully saturated rings. The maximum Gasteiger partial charge on any atom is 0.151 e. The van der Waals surface area contributed by atoms with E-state index in [0.717, 1.165) is 18.9 Å². The van der Waals surface area contributed by atoms with Gasteiger partial charge in [0.25, 0.3) is 0 Å². The number of hydrogen-bond acceptors (Lipinski definition) is 3. The van der Waals surface area contributed by atoms with Crippen molar-refractivity contribution in [3.05, 3.63) is 17.8 Å². The van der Waals surface area contributed by atoms with E-state index in [1.54, 1.807) is 6.20 Å². The standard InChI is InChI=1S/C11H16BrN3/c1-8-5-11(14-13-6-8)15-4-3-10(12)9(2)7-15/h5-6,9-10H,3-4,7H2,1-2H3. The average molecular weight is 270 g/mol. The van der Waals surface area contributed by atoms with Gasteiger partial charge in [0.2, 0.25) is 0 Å². The molecule has 0 aliphatic carbocycles. The number of halogens is 1. The summed E-state index contributed by atoms with van der Waals surface area (Å²) in [4.78, 5) is 2.97. The molecule has 0 spiro atoms. The fourth-order valence-corrected chi connectivity index (χ4v) is 2.30. The Kier molecular flexibility index (Phi) is 3.24.